The molecular formula is C16H14BrFO2. The van der Waals surface area contributed by atoms with E-state index in [0.29, 0.717) is 16.9 Å². The molecule has 0 unspecified atom stereocenters. The Morgan fingerprint density at radius 3 is 2.70 bits per heavy atom. The second-order valence-electron chi connectivity index (χ2n) is 4.52. The van der Waals surface area contributed by atoms with Gasteiger partial charge in [-0.15, -0.1) is 0 Å². The average molecular weight is 337 g/mol. The van der Waals surface area contributed by atoms with Crippen molar-refractivity contribution in [1.29, 1.82) is 0 Å². The summed E-state index contributed by atoms with van der Waals surface area (Å²) < 4.78 is 19.3. The third-order valence-electron chi connectivity index (χ3n) is 3.13. The lowest BCUT2D eigenvalue weighted by Gasteiger charge is -2.09. The van der Waals surface area contributed by atoms with Gasteiger partial charge in [0.25, 0.3) is 0 Å². The Morgan fingerprint density at radius 2 is 2.00 bits per heavy atom. The van der Waals surface area contributed by atoms with Crippen LogP contribution in [0.2, 0.25) is 0 Å². The summed E-state index contributed by atoms with van der Waals surface area (Å²) in [6, 6.07) is 9.71. The molecule has 0 N–H and O–H groups in total. The van der Waals surface area contributed by atoms with Gasteiger partial charge in [-0.25, -0.2) is 4.39 Å². The molecule has 20 heavy (non-hydrogen) atoms. The summed E-state index contributed by atoms with van der Waals surface area (Å²) >= 11 is 3.33. The summed E-state index contributed by atoms with van der Waals surface area (Å²) in [6.45, 7) is 1.86. The number of methoxy groups -OCH3 is 1. The monoisotopic (exact) mass is 336 g/mol. The summed E-state index contributed by atoms with van der Waals surface area (Å²) in [6.07, 6.45) is 0.154. The normalized spacial score (nSPS) is 10.4. The minimum absolute atomic E-state index is 0.0944. The molecule has 0 aliphatic rings. The van der Waals surface area contributed by atoms with Gasteiger partial charge in [0.05, 0.1) is 12.7 Å². The molecule has 0 saturated carbocycles. The van der Waals surface area contributed by atoms with Crippen molar-refractivity contribution in [3.8, 4) is 5.75 Å². The zero-order valence-corrected chi connectivity index (χ0v) is 12.8. The Balaban J connectivity index is 2.30. The average Bonchev–Trinajstić information content (AvgIpc) is 2.42. The number of halogens is 2. The van der Waals surface area contributed by atoms with E-state index in [2.05, 4.69) is 15.9 Å². The van der Waals surface area contributed by atoms with E-state index in [1.807, 2.05) is 6.92 Å². The first-order valence-corrected chi connectivity index (χ1v) is 6.92. The molecule has 0 aliphatic carbocycles. The lowest BCUT2D eigenvalue weighted by molar-refractivity contribution is 0.0990. The quantitative estimate of drug-likeness (QED) is 0.776. The van der Waals surface area contributed by atoms with Crippen LogP contribution in [0.25, 0.3) is 0 Å². The van der Waals surface area contributed by atoms with E-state index in [1.165, 1.54) is 19.2 Å². The lowest BCUT2D eigenvalue weighted by atomic mass is 9.99. The molecule has 4 heteroatoms. The van der Waals surface area contributed by atoms with E-state index in [-0.39, 0.29) is 18.0 Å². The van der Waals surface area contributed by atoms with Gasteiger partial charge in [0, 0.05) is 10.9 Å². The second kappa shape index (κ2) is 6.18. The number of benzene rings is 2. The molecule has 0 fully saturated rings. The van der Waals surface area contributed by atoms with Crippen molar-refractivity contribution in [1.82, 2.24) is 0 Å². The van der Waals surface area contributed by atoms with E-state index in [9.17, 15) is 9.18 Å². The first-order chi connectivity index (χ1) is 9.51. The van der Waals surface area contributed by atoms with Crippen LogP contribution in [0.15, 0.2) is 40.9 Å². The van der Waals surface area contributed by atoms with Crippen molar-refractivity contribution in [3.05, 3.63) is 63.4 Å². The molecule has 0 aliphatic heterocycles. The molecule has 0 heterocycles. The van der Waals surface area contributed by atoms with E-state index < -0.39 is 0 Å². The topological polar surface area (TPSA) is 26.3 Å². The molecule has 0 saturated heterocycles. The van der Waals surface area contributed by atoms with Gasteiger partial charge in [-0.1, -0.05) is 22.0 Å². The predicted octanol–water partition coefficient (Wildman–Crippen LogP) is 4.33. The Hall–Kier alpha value is -1.68. The highest BCUT2D eigenvalue weighted by atomic mass is 79.9. The molecule has 2 rings (SSSR count). The van der Waals surface area contributed by atoms with Gasteiger partial charge >= 0.3 is 0 Å². The highest BCUT2D eigenvalue weighted by Crippen LogP contribution is 2.25. The second-order valence-corrected chi connectivity index (χ2v) is 5.43. The Kier molecular flexibility index (Phi) is 4.55. The molecule has 0 radical (unpaired) electrons. The summed E-state index contributed by atoms with van der Waals surface area (Å²) in [7, 11) is 1.52. The zero-order chi connectivity index (χ0) is 14.7. The summed E-state index contributed by atoms with van der Waals surface area (Å²) in [5.41, 5.74) is 2.09. The maximum Gasteiger partial charge on any atom is 0.170 e. The Labute approximate surface area is 125 Å². The van der Waals surface area contributed by atoms with Gasteiger partial charge in [0.1, 0.15) is 11.6 Å². The van der Waals surface area contributed by atoms with Crippen LogP contribution in [0, 0.1) is 12.7 Å². The largest absolute Gasteiger partial charge is 0.496 e. The smallest absolute Gasteiger partial charge is 0.170 e. The van der Waals surface area contributed by atoms with E-state index in [4.69, 9.17) is 4.74 Å². The summed E-state index contributed by atoms with van der Waals surface area (Å²) in [4.78, 5) is 12.4. The van der Waals surface area contributed by atoms with Crippen molar-refractivity contribution < 1.29 is 13.9 Å². The van der Waals surface area contributed by atoms with Crippen molar-refractivity contribution in [2.24, 2.45) is 0 Å². The highest BCUT2D eigenvalue weighted by molar-refractivity contribution is 9.10. The molecule has 2 aromatic rings. The number of carbonyl (C=O) groups is 1. The minimum atomic E-state index is -0.332. The maximum atomic E-state index is 13.3. The molecule has 0 bridgehead atoms. The van der Waals surface area contributed by atoms with Crippen molar-refractivity contribution >= 4 is 21.7 Å². The zero-order valence-electron chi connectivity index (χ0n) is 11.2. The summed E-state index contributed by atoms with van der Waals surface area (Å²) in [5.74, 6) is 0.0858. The van der Waals surface area contributed by atoms with E-state index >= 15 is 0 Å². The molecule has 0 amide bonds. The van der Waals surface area contributed by atoms with Crippen LogP contribution in [-0.4, -0.2) is 12.9 Å². The van der Waals surface area contributed by atoms with Crippen molar-refractivity contribution in [2.75, 3.05) is 7.11 Å². The lowest BCUT2D eigenvalue weighted by Crippen LogP contribution is -2.07. The maximum absolute atomic E-state index is 13.3. The third-order valence-corrected chi connectivity index (χ3v) is 3.62. The highest BCUT2D eigenvalue weighted by Gasteiger charge is 2.14. The van der Waals surface area contributed by atoms with E-state index in [1.54, 1.807) is 24.3 Å². The van der Waals surface area contributed by atoms with Crippen LogP contribution in [0.1, 0.15) is 21.5 Å². The number of hydrogen-bond donors (Lipinski definition) is 0. The molecular weight excluding hydrogens is 323 g/mol. The van der Waals surface area contributed by atoms with Gasteiger partial charge in [-0.05, 0) is 48.4 Å². The van der Waals surface area contributed by atoms with Gasteiger partial charge < -0.3 is 4.74 Å². The van der Waals surface area contributed by atoms with Gasteiger partial charge in [0.15, 0.2) is 5.78 Å². The Morgan fingerprint density at radius 1 is 1.25 bits per heavy atom. The number of rotatable bonds is 4. The minimum Gasteiger partial charge on any atom is -0.496 e. The number of Topliss-reactive ketones (excluding diaryl/α,β-unsaturated/α-hetero) is 1. The van der Waals surface area contributed by atoms with Crippen LogP contribution < -0.4 is 4.74 Å². The number of carbonyl (C=O) groups excluding carboxylic acids is 1. The van der Waals surface area contributed by atoms with Crippen LogP contribution in [0.3, 0.4) is 0 Å². The third kappa shape index (κ3) is 3.25. The van der Waals surface area contributed by atoms with Crippen molar-refractivity contribution in [2.45, 2.75) is 13.3 Å². The fourth-order valence-electron chi connectivity index (χ4n) is 1.99. The number of hydrogen-bond acceptors (Lipinski definition) is 2. The van der Waals surface area contributed by atoms with Gasteiger partial charge in [0.2, 0.25) is 0 Å². The molecule has 104 valence electrons. The predicted molar refractivity (Wildman–Crippen MR) is 79.9 cm³/mol. The first-order valence-electron chi connectivity index (χ1n) is 6.13. The molecule has 2 aromatic carbocycles. The van der Waals surface area contributed by atoms with E-state index in [0.717, 1.165) is 10.0 Å². The number of ether oxygens (including phenoxy) is 1. The Bertz CT molecular complexity index is 653. The van der Waals surface area contributed by atoms with Crippen molar-refractivity contribution in [3.63, 3.8) is 0 Å². The van der Waals surface area contributed by atoms with Crippen LogP contribution in [-0.2, 0) is 6.42 Å². The molecule has 2 nitrogen and oxygen atoms in total. The van der Waals surface area contributed by atoms with Crippen LogP contribution in [0.4, 0.5) is 4.39 Å². The fraction of sp³-hybridized carbons (Fsp3) is 0.188. The van der Waals surface area contributed by atoms with Gasteiger partial charge in [-0.2, -0.15) is 0 Å². The van der Waals surface area contributed by atoms with Crippen LogP contribution in [0.5, 0.6) is 5.75 Å². The standard InChI is InChI=1S/C16H14BrFO2/c1-10-3-5-13(18)7-11(10)8-15(19)14-6-4-12(17)9-16(14)20-2/h3-7,9H,8H2,1-2H3. The molecule has 0 atom stereocenters. The number of ketones is 1. The number of aryl methyl sites for hydroxylation is 1. The fourth-order valence-corrected chi connectivity index (χ4v) is 2.33. The summed E-state index contributed by atoms with van der Waals surface area (Å²) in [5, 5.41) is 0. The van der Waals surface area contributed by atoms with Gasteiger partial charge in [-0.3, -0.25) is 4.79 Å². The SMILES string of the molecule is COc1cc(Br)ccc1C(=O)Cc1cc(F)ccc1C. The molecule has 0 aromatic heterocycles. The molecule has 0 spiro atoms. The van der Waals surface area contributed by atoms with Crippen LogP contribution >= 0.6 is 15.9 Å². The first kappa shape index (κ1) is 14.7.